The third-order valence-electron chi connectivity index (χ3n) is 3.65. The van der Waals surface area contributed by atoms with Gasteiger partial charge in [-0.2, -0.15) is 39.2 Å². The predicted molar refractivity (Wildman–Crippen MR) is 84.1 cm³/mol. The summed E-state index contributed by atoms with van der Waals surface area (Å²) < 4.78 is 116. The first-order valence-corrected chi connectivity index (χ1v) is 9.60. The van der Waals surface area contributed by atoms with E-state index < -0.39 is 41.0 Å². The van der Waals surface area contributed by atoms with Crippen LogP contribution in [0.1, 0.15) is 37.7 Å². The molecule has 1 rings (SSSR count). The van der Waals surface area contributed by atoms with Gasteiger partial charge >= 0.3 is 18.0 Å². The minimum absolute atomic E-state index is 0.0639. The first kappa shape index (κ1) is 23.7. The van der Waals surface area contributed by atoms with Crippen LogP contribution in [0, 0.1) is 0 Å². The Kier molecular flexibility index (Phi) is 8.09. The number of unbranched alkanes of at least 4 members (excludes halogenated alkanes) is 3. The minimum Gasteiger partial charge on any atom is -0.270 e. The third-order valence-corrected chi connectivity index (χ3v) is 4.86. The summed E-state index contributed by atoms with van der Waals surface area (Å²) in [6.07, 6.45) is -8.28. The van der Waals surface area contributed by atoms with Crippen molar-refractivity contribution in [2.24, 2.45) is 0 Å². The lowest BCUT2D eigenvalue weighted by Crippen LogP contribution is -2.51. The predicted octanol–water partition coefficient (Wildman–Crippen LogP) is 5.32. The Labute approximate surface area is 152 Å². The van der Waals surface area contributed by atoms with Gasteiger partial charge in [0.05, 0.1) is 6.61 Å². The van der Waals surface area contributed by atoms with Gasteiger partial charge in [-0.05, 0) is 18.4 Å². The monoisotopic (exact) mass is 424 g/mol. The number of halogens is 7. The molecule has 0 aromatic heterocycles. The molecule has 27 heavy (non-hydrogen) atoms. The smallest absolute Gasteiger partial charge is 0.270 e. The second-order valence-corrected chi connectivity index (χ2v) is 7.59. The van der Waals surface area contributed by atoms with Crippen LogP contribution in [0.4, 0.5) is 30.7 Å². The Morgan fingerprint density at radius 3 is 1.93 bits per heavy atom. The van der Waals surface area contributed by atoms with Gasteiger partial charge in [-0.1, -0.05) is 43.2 Å². The first-order valence-electron chi connectivity index (χ1n) is 8.02. The summed E-state index contributed by atoms with van der Waals surface area (Å²) in [7, 11) is -3.83. The molecule has 156 valence electrons. The molecule has 0 bridgehead atoms. The van der Waals surface area contributed by atoms with Gasteiger partial charge in [0.25, 0.3) is 10.1 Å². The van der Waals surface area contributed by atoms with Crippen molar-refractivity contribution in [3.05, 3.63) is 35.9 Å². The molecule has 0 aliphatic heterocycles. The fraction of sp³-hybridized carbons (Fsp3) is 0.625. The first-order chi connectivity index (χ1) is 12.3. The van der Waals surface area contributed by atoms with E-state index in [-0.39, 0.29) is 31.6 Å². The van der Waals surface area contributed by atoms with E-state index in [1.807, 2.05) is 0 Å². The molecule has 0 saturated carbocycles. The zero-order chi connectivity index (χ0) is 20.8. The van der Waals surface area contributed by atoms with Crippen LogP contribution in [0.15, 0.2) is 30.3 Å². The van der Waals surface area contributed by atoms with Crippen LogP contribution in [0.2, 0.25) is 0 Å². The lowest BCUT2D eigenvalue weighted by molar-refractivity contribution is -0.355. The quantitative estimate of drug-likeness (QED) is 0.275. The Morgan fingerprint density at radius 1 is 0.815 bits per heavy atom. The van der Waals surface area contributed by atoms with Crippen LogP contribution < -0.4 is 0 Å². The molecule has 0 aliphatic rings. The fourth-order valence-corrected chi connectivity index (χ4v) is 3.23. The molecule has 1 aromatic rings. The van der Waals surface area contributed by atoms with Gasteiger partial charge in [-0.25, -0.2) is 0 Å². The second-order valence-electron chi connectivity index (χ2n) is 5.95. The largest absolute Gasteiger partial charge is 0.459 e. The molecule has 0 fully saturated rings. The van der Waals surface area contributed by atoms with Crippen LogP contribution in [-0.2, 0) is 20.1 Å². The van der Waals surface area contributed by atoms with Crippen molar-refractivity contribution in [3.63, 3.8) is 0 Å². The van der Waals surface area contributed by atoms with Gasteiger partial charge < -0.3 is 0 Å². The molecule has 0 aliphatic carbocycles. The maximum absolute atomic E-state index is 13.1. The number of alkyl halides is 7. The molecule has 11 heteroatoms. The summed E-state index contributed by atoms with van der Waals surface area (Å²) in [6.45, 7) is -0.232. The Hall–Kier alpha value is -1.36. The van der Waals surface area contributed by atoms with E-state index >= 15 is 0 Å². The van der Waals surface area contributed by atoms with E-state index in [2.05, 4.69) is 0 Å². The Morgan fingerprint density at radius 2 is 1.37 bits per heavy atom. The van der Waals surface area contributed by atoms with E-state index in [1.54, 1.807) is 30.3 Å². The van der Waals surface area contributed by atoms with Crippen LogP contribution in [0.25, 0.3) is 0 Å². The molecule has 0 atom stereocenters. The number of rotatable bonds is 11. The summed E-state index contributed by atoms with van der Waals surface area (Å²) in [5.41, 5.74) is 0.519. The van der Waals surface area contributed by atoms with Crippen LogP contribution in [0.3, 0.4) is 0 Å². The zero-order valence-corrected chi connectivity index (χ0v) is 14.9. The van der Waals surface area contributed by atoms with Gasteiger partial charge in [-0.15, -0.1) is 0 Å². The van der Waals surface area contributed by atoms with Crippen molar-refractivity contribution in [2.45, 2.75) is 55.9 Å². The molecule has 0 radical (unpaired) electrons. The number of benzene rings is 1. The van der Waals surface area contributed by atoms with Gasteiger partial charge in [0, 0.05) is 6.42 Å². The van der Waals surface area contributed by atoms with E-state index in [4.69, 9.17) is 4.18 Å². The van der Waals surface area contributed by atoms with Crippen LogP contribution >= 0.6 is 0 Å². The summed E-state index contributed by atoms with van der Waals surface area (Å²) in [5, 5.41) is 0. The lowest BCUT2D eigenvalue weighted by Gasteiger charge is -2.28. The molecule has 0 N–H and O–H groups in total. The molecule has 0 unspecified atom stereocenters. The van der Waals surface area contributed by atoms with Crippen molar-refractivity contribution in [1.29, 1.82) is 0 Å². The molecule has 0 saturated heterocycles. The second kappa shape index (κ2) is 9.22. The highest BCUT2D eigenvalue weighted by Gasteiger charge is 2.72. The average Bonchev–Trinajstić information content (AvgIpc) is 2.53. The number of hydrogen-bond donors (Lipinski definition) is 0. The van der Waals surface area contributed by atoms with Gasteiger partial charge in [0.15, 0.2) is 0 Å². The summed E-state index contributed by atoms with van der Waals surface area (Å²) in [5.74, 6) is -11.6. The molecule has 3 nitrogen and oxygen atoms in total. The molecular weight excluding hydrogens is 405 g/mol. The van der Waals surface area contributed by atoms with Crippen LogP contribution in [0.5, 0.6) is 0 Å². The summed E-state index contributed by atoms with van der Waals surface area (Å²) >= 11 is 0. The van der Waals surface area contributed by atoms with Crippen molar-refractivity contribution < 1.29 is 43.3 Å². The maximum Gasteiger partial charge on any atom is 0.459 e. The van der Waals surface area contributed by atoms with Gasteiger partial charge in [0.1, 0.15) is 5.75 Å². The van der Waals surface area contributed by atoms with E-state index in [0.29, 0.717) is 5.56 Å². The normalized spacial score (nSPS) is 13.7. The van der Waals surface area contributed by atoms with Crippen molar-refractivity contribution in [2.75, 3.05) is 6.61 Å². The van der Waals surface area contributed by atoms with E-state index in [1.165, 1.54) is 0 Å². The van der Waals surface area contributed by atoms with Crippen molar-refractivity contribution in [3.8, 4) is 0 Å². The molecular formula is C16H19F7O3S. The number of hydrogen-bond acceptors (Lipinski definition) is 3. The highest BCUT2D eigenvalue weighted by molar-refractivity contribution is 7.85. The zero-order valence-electron chi connectivity index (χ0n) is 14.1. The highest BCUT2D eigenvalue weighted by Crippen LogP contribution is 2.48. The Bertz CT molecular complexity index is 673. The topological polar surface area (TPSA) is 43.4 Å². The molecule has 0 heterocycles. The third kappa shape index (κ3) is 7.28. The van der Waals surface area contributed by atoms with E-state index in [0.717, 1.165) is 0 Å². The summed E-state index contributed by atoms with van der Waals surface area (Å²) in [4.78, 5) is 0. The molecule has 0 spiro atoms. The SMILES string of the molecule is O=S(=O)(Cc1ccccc1)OCCCCCCC(F)(F)C(F)(F)C(F)(F)F. The summed E-state index contributed by atoms with van der Waals surface area (Å²) in [6, 6.07) is 8.21. The Balaban J connectivity index is 2.27. The van der Waals surface area contributed by atoms with E-state index in [9.17, 15) is 39.2 Å². The standard InChI is InChI=1S/C16H19F7O3S/c17-14(18,15(19,20)16(21,22)23)10-6-1-2-7-11-26-27(24,25)12-13-8-4-3-5-9-13/h3-5,8-9H,1-2,6-7,10-12H2. The molecule has 0 amide bonds. The average molecular weight is 424 g/mol. The van der Waals surface area contributed by atoms with Crippen molar-refractivity contribution in [1.82, 2.24) is 0 Å². The van der Waals surface area contributed by atoms with Gasteiger partial charge in [0.2, 0.25) is 0 Å². The fourth-order valence-electron chi connectivity index (χ4n) is 2.17. The van der Waals surface area contributed by atoms with Crippen LogP contribution in [-0.4, -0.2) is 33.0 Å². The highest BCUT2D eigenvalue weighted by atomic mass is 32.2. The maximum atomic E-state index is 13.1. The minimum atomic E-state index is -6.32. The molecule has 1 aromatic carbocycles. The van der Waals surface area contributed by atoms with Crippen molar-refractivity contribution >= 4 is 10.1 Å². The lowest BCUT2D eigenvalue weighted by atomic mass is 10.0. The van der Waals surface area contributed by atoms with Gasteiger partial charge in [-0.3, -0.25) is 4.18 Å².